The molecule has 1 aromatic heterocycles. The molecule has 5 rings (SSSR count). The van der Waals surface area contributed by atoms with Gasteiger partial charge in [0.1, 0.15) is 23.0 Å². The topological polar surface area (TPSA) is 106 Å². The average Bonchev–Trinajstić information content (AvgIpc) is 3.49. The molecule has 0 bridgehead atoms. The molecule has 1 fully saturated rings. The number of benzene rings is 3. The molecule has 0 saturated carbocycles. The Morgan fingerprint density at radius 1 is 1.00 bits per heavy atom. The molecule has 9 heteroatoms. The Balaban J connectivity index is 1.61. The Bertz CT molecular complexity index is 1640. The first-order valence-electron chi connectivity index (χ1n) is 13.1. The highest BCUT2D eigenvalue weighted by molar-refractivity contribution is 7.17. The first-order valence-corrected chi connectivity index (χ1v) is 13.9. The molecular formula is C32H28N2O6S. The maximum absolute atomic E-state index is 13.6. The van der Waals surface area contributed by atoms with Crippen molar-refractivity contribution in [3.05, 3.63) is 117 Å². The van der Waals surface area contributed by atoms with E-state index in [-0.39, 0.29) is 27.9 Å². The summed E-state index contributed by atoms with van der Waals surface area (Å²) in [5, 5.41) is 11.5. The maximum Gasteiger partial charge on any atom is 0.350 e. The van der Waals surface area contributed by atoms with Crippen LogP contribution in [-0.2, 0) is 20.9 Å². The van der Waals surface area contributed by atoms with Crippen LogP contribution in [0.15, 0.2) is 84.4 Å². The summed E-state index contributed by atoms with van der Waals surface area (Å²) in [6, 6.07) is 22.7. The van der Waals surface area contributed by atoms with E-state index in [2.05, 4.69) is 4.98 Å². The summed E-state index contributed by atoms with van der Waals surface area (Å²) in [7, 11) is 0. The number of ketones is 1. The zero-order valence-electron chi connectivity index (χ0n) is 22.8. The van der Waals surface area contributed by atoms with E-state index in [1.54, 1.807) is 50.2 Å². The summed E-state index contributed by atoms with van der Waals surface area (Å²) < 4.78 is 11.2. The van der Waals surface area contributed by atoms with Crippen molar-refractivity contribution in [3.8, 4) is 5.75 Å². The fourth-order valence-electron chi connectivity index (χ4n) is 4.60. The second kappa shape index (κ2) is 11.8. The Labute approximate surface area is 241 Å². The monoisotopic (exact) mass is 568 g/mol. The molecule has 1 aliphatic rings. The lowest BCUT2D eigenvalue weighted by molar-refractivity contribution is -0.132. The standard InChI is InChI=1S/C32H28N2O6S/c1-4-39-31(38)29-20(3)33-32(41-29)34-26(23-11-8-12-24(17-23)40-18-21-9-6-5-7-10-21)25(28(36)30(34)37)27(35)22-15-13-19(2)14-16-22/h5-17,26,35H,4,18H2,1-3H3/b27-25+. The summed E-state index contributed by atoms with van der Waals surface area (Å²) in [4.78, 5) is 45.5. The number of amides is 1. The molecule has 1 saturated heterocycles. The molecule has 2 heterocycles. The number of hydrogen-bond donors (Lipinski definition) is 1. The number of aliphatic hydroxyl groups excluding tert-OH is 1. The quantitative estimate of drug-likeness (QED) is 0.118. The number of carbonyl (C=O) groups excluding carboxylic acids is 3. The molecule has 1 unspecified atom stereocenters. The summed E-state index contributed by atoms with van der Waals surface area (Å²) in [6.07, 6.45) is 0. The van der Waals surface area contributed by atoms with Gasteiger partial charge in [0.2, 0.25) is 0 Å². The molecule has 3 aromatic carbocycles. The molecule has 1 aliphatic heterocycles. The van der Waals surface area contributed by atoms with E-state index >= 15 is 0 Å². The van der Waals surface area contributed by atoms with Gasteiger partial charge < -0.3 is 14.6 Å². The fraction of sp³-hybridized carbons (Fsp3) is 0.188. The Hall–Kier alpha value is -4.76. The zero-order valence-corrected chi connectivity index (χ0v) is 23.6. The van der Waals surface area contributed by atoms with E-state index < -0.39 is 23.7 Å². The van der Waals surface area contributed by atoms with Gasteiger partial charge in [-0.2, -0.15) is 0 Å². The normalized spacial score (nSPS) is 16.2. The average molecular weight is 569 g/mol. The van der Waals surface area contributed by atoms with Gasteiger partial charge in [-0.3, -0.25) is 14.5 Å². The molecule has 208 valence electrons. The van der Waals surface area contributed by atoms with Gasteiger partial charge in [0.15, 0.2) is 5.13 Å². The first-order chi connectivity index (χ1) is 19.8. The number of nitrogens with zero attached hydrogens (tertiary/aromatic N) is 2. The van der Waals surface area contributed by atoms with E-state index in [0.29, 0.717) is 29.2 Å². The summed E-state index contributed by atoms with van der Waals surface area (Å²) in [6.45, 7) is 5.76. The Kier molecular flexibility index (Phi) is 7.98. The molecule has 0 aliphatic carbocycles. The molecule has 1 amide bonds. The second-order valence-corrected chi connectivity index (χ2v) is 10.5. The van der Waals surface area contributed by atoms with Crippen molar-refractivity contribution in [2.45, 2.75) is 33.4 Å². The second-order valence-electron chi connectivity index (χ2n) is 9.51. The smallest absolute Gasteiger partial charge is 0.350 e. The van der Waals surface area contributed by atoms with Gasteiger partial charge in [-0.1, -0.05) is 83.6 Å². The van der Waals surface area contributed by atoms with Crippen molar-refractivity contribution >= 4 is 39.9 Å². The van der Waals surface area contributed by atoms with E-state index in [1.807, 2.05) is 49.4 Å². The lowest BCUT2D eigenvalue weighted by Gasteiger charge is -2.23. The number of Topliss-reactive ketones (excluding diaryl/α,β-unsaturated/α-hetero) is 1. The van der Waals surface area contributed by atoms with E-state index in [0.717, 1.165) is 22.5 Å². The number of aromatic nitrogens is 1. The van der Waals surface area contributed by atoms with Gasteiger partial charge in [-0.15, -0.1) is 0 Å². The Morgan fingerprint density at radius 2 is 1.73 bits per heavy atom. The van der Waals surface area contributed by atoms with Crippen LogP contribution in [0.1, 0.15) is 50.6 Å². The highest BCUT2D eigenvalue weighted by Crippen LogP contribution is 2.44. The van der Waals surface area contributed by atoms with Gasteiger partial charge >= 0.3 is 11.9 Å². The number of thiazole rings is 1. The lowest BCUT2D eigenvalue weighted by atomic mass is 9.95. The summed E-state index contributed by atoms with van der Waals surface area (Å²) in [5.41, 5.74) is 3.19. The number of esters is 1. The number of carbonyl (C=O) groups is 3. The minimum atomic E-state index is -1.02. The van der Waals surface area contributed by atoms with Crippen LogP contribution >= 0.6 is 11.3 Å². The predicted octanol–water partition coefficient (Wildman–Crippen LogP) is 6.14. The fourth-order valence-corrected chi connectivity index (χ4v) is 5.59. The van der Waals surface area contributed by atoms with Crippen LogP contribution in [0.3, 0.4) is 0 Å². The molecule has 4 aromatic rings. The molecule has 1 N–H and O–H groups in total. The number of aryl methyl sites for hydroxylation is 2. The van der Waals surface area contributed by atoms with Crippen LogP contribution < -0.4 is 9.64 Å². The van der Waals surface area contributed by atoms with E-state index in [4.69, 9.17) is 9.47 Å². The lowest BCUT2D eigenvalue weighted by Crippen LogP contribution is -2.29. The largest absolute Gasteiger partial charge is 0.507 e. The van der Waals surface area contributed by atoms with Crippen molar-refractivity contribution in [3.63, 3.8) is 0 Å². The van der Waals surface area contributed by atoms with Gasteiger partial charge in [0.25, 0.3) is 5.78 Å². The van der Waals surface area contributed by atoms with E-state index in [9.17, 15) is 19.5 Å². The third-order valence-electron chi connectivity index (χ3n) is 6.64. The highest BCUT2D eigenvalue weighted by Gasteiger charge is 2.48. The minimum absolute atomic E-state index is 0.0791. The number of aliphatic hydroxyl groups is 1. The Morgan fingerprint density at radius 3 is 2.44 bits per heavy atom. The minimum Gasteiger partial charge on any atom is -0.507 e. The van der Waals surface area contributed by atoms with Gasteiger partial charge in [0, 0.05) is 5.56 Å². The predicted molar refractivity (Wildman–Crippen MR) is 156 cm³/mol. The van der Waals surface area contributed by atoms with Crippen LogP contribution in [0.25, 0.3) is 5.76 Å². The summed E-state index contributed by atoms with van der Waals surface area (Å²) >= 11 is 0.964. The van der Waals surface area contributed by atoms with Crippen LogP contribution in [0.4, 0.5) is 5.13 Å². The van der Waals surface area contributed by atoms with Crippen molar-refractivity contribution in [2.24, 2.45) is 0 Å². The number of rotatable bonds is 8. The van der Waals surface area contributed by atoms with Gasteiger partial charge in [-0.05, 0) is 44.0 Å². The van der Waals surface area contributed by atoms with Crippen LogP contribution in [0.2, 0.25) is 0 Å². The molecule has 1 atom stereocenters. The van der Waals surface area contributed by atoms with Crippen molar-refractivity contribution < 1.29 is 29.0 Å². The number of hydrogen-bond acceptors (Lipinski definition) is 8. The molecule has 41 heavy (non-hydrogen) atoms. The van der Waals surface area contributed by atoms with Crippen molar-refractivity contribution in [2.75, 3.05) is 11.5 Å². The van der Waals surface area contributed by atoms with E-state index in [1.165, 1.54) is 4.90 Å². The maximum atomic E-state index is 13.6. The van der Waals surface area contributed by atoms with Crippen LogP contribution in [-0.4, -0.2) is 34.4 Å². The molecule has 8 nitrogen and oxygen atoms in total. The first kappa shape index (κ1) is 27.8. The highest BCUT2D eigenvalue weighted by atomic mass is 32.1. The van der Waals surface area contributed by atoms with Crippen molar-refractivity contribution in [1.82, 2.24) is 4.98 Å². The third-order valence-corrected chi connectivity index (χ3v) is 7.78. The number of ether oxygens (including phenoxy) is 2. The molecule has 0 spiro atoms. The third kappa shape index (κ3) is 5.62. The molecular weight excluding hydrogens is 540 g/mol. The summed E-state index contributed by atoms with van der Waals surface area (Å²) in [5.74, 6) is -2.05. The van der Waals surface area contributed by atoms with Gasteiger partial charge in [0.05, 0.1) is 23.9 Å². The van der Waals surface area contributed by atoms with Crippen molar-refractivity contribution in [1.29, 1.82) is 0 Å². The van der Waals surface area contributed by atoms with Gasteiger partial charge in [-0.25, -0.2) is 9.78 Å². The van der Waals surface area contributed by atoms with Crippen LogP contribution in [0.5, 0.6) is 5.75 Å². The molecule has 0 radical (unpaired) electrons. The SMILES string of the molecule is CCOC(=O)c1sc(N2C(=O)C(=O)/C(=C(/O)c3ccc(C)cc3)C2c2cccc(OCc3ccccc3)c2)nc1C. The number of anilines is 1. The van der Waals surface area contributed by atoms with Crippen LogP contribution in [0, 0.1) is 13.8 Å². The zero-order chi connectivity index (χ0) is 29.1.